The second kappa shape index (κ2) is 10.2. The van der Waals surface area contributed by atoms with Crippen molar-refractivity contribution in [2.45, 2.75) is 45.3 Å². The quantitative estimate of drug-likeness (QED) is 0.653. The van der Waals surface area contributed by atoms with Gasteiger partial charge in [-0.15, -0.1) is 0 Å². The molecular formula is C22H28N2O4S. The molecule has 0 saturated carbocycles. The van der Waals surface area contributed by atoms with Crippen molar-refractivity contribution < 1.29 is 18.0 Å². The highest BCUT2D eigenvalue weighted by molar-refractivity contribution is 7.93. The van der Waals surface area contributed by atoms with Gasteiger partial charge in [-0.05, 0) is 54.7 Å². The van der Waals surface area contributed by atoms with E-state index >= 15 is 0 Å². The normalized spacial score (nSPS) is 12.2. The van der Waals surface area contributed by atoms with Gasteiger partial charge in [-0.3, -0.25) is 9.59 Å². The molecule has 0 bridgehead atoms. The first kappa shape index (κ1) is 22.6. The summed E-state index contributed by atoms with van der Waals surface area (Å²) >= 11 is 0. The standard InChI is InChI=1S/C22H28N2O4S/c1-4-16-7-11-18(12-8-16)23-21(25)15-29(27,28)20(6-3)22(26)24-19-13-9-17(5-2)10-14-19/h7-14,20H,4-6,15H2,1-3H3,(H,23,25)(H,24,26). The molecule has 0 heterocycles. The fraction of sp³-hybridized carbons (Fsp3) is 0.364. The van der Waals surface area contributed by atoms with Crippen LogP contribution >= 0.6 is 0 Å². The molecule has 0 aliphatic heterocycles. The van der Waals surface area contributed by atoms with Gasteiger partial charge in [0.15, 0.2) is 9.84 Å². The summed E-state index contributed by atoms with van der Waals surface area (Å²) < 4.78 is 25.3. The number of carbonyl (C=O) groups is 2. The number of benzene rings is 2. The molecule has 6 nitrogen and oxygen atoms in total. The van der Waals surface area contributed by atoms with Crippen LogP contribution in [-0.2, 0) is 32.3 Å². The average Bonchev–Trinajstić information content (AvgIpc) is 2.68. The second-order valence-corrected chi connectivity index (χ2v) is 9.03. The Balaban J connectivity index is 2.02. The largest absolute Gasteiger partial charge is 0.325 e. The zero-order chi connectivity index (χ0) is 21.4. The van der Waals surface area contributed by atoms with Crippen LogP contribution in [0.1, 0.15) is 38.3 Å². The summed E-state index contributed by atoms with van der Waals surface area (Å²) in [7, 11) is -3.96. The predicted octanol–water partition coefficient (Wildman–Crippen LogP) is 3.58. The molecule has 156 valence electrons. The van der Waals surface area contributed by atoms with Crippen molar-refractivity contribution in [3.8, 4) is 0 Å². The number of rotatable bonds is 9. The van der Waals surface area contributed by atoms with Crippen LogP contribution in [0.5, 0.6) is 0 Å². The Morgan fingerprint density at radius 3 is 1.66 bits per heavy atom. The van der Waals surface area contributed by atoms with E-state index in [9.17, 15) is 18.0 Å². The van der Waals surface area contributed by atoms with E-state index in [4.69, 9.17) is 0 Å². The van der Waals surface area contributed by atoms with Gasteiger partial charge in [0, 0.05) is 11.4 Å². The van der Waals surface area contributed by atoms with Gasteiger partial charge >= 0.3 is 0 Å². The van der Waals surface area contributed by atoms with Crippen molar-refractivity contribution in [1.82, 2.24) is 0 Å². The fourth-order valence-corrected chi connectivity index (χ4v) is 4.48. The maximum absolute atomic E-state index is 12.7. The molecule has 2 aromatic carbocycles. The van der Waals surface area contributed by atoms with E-state index in [1.54, 1.807) is 31.2 Å². The summed E-state index contributed by atoms with van der Waals surface area (Å²) in [5.74, 6) is -2.03. The Morgan fingerprint density at radius 2 is 1.24 bits per heavy atom. The van der Waals surface area contributed by atoms with E-state index in [-0.39, 0.29) is 6.42 Å². The lowest BCUT2D eigenvalue weighted by Gasteiger charge is -2.16. The third kappa shape index (κ3) is 6.42. The highest BCUT2D eigenvalue weighted by Crippen LogP contribution is 2.15. The molecular weight excluding hydrogens is 388 g/mol. The Bertz CT molecular complexity index is 936. The predicted molar refractivity (Wildman–Crippen MR) is 117 cm³/mol. The molecule has 7 heteroatoms. The SMILES string of the molecule is CCc1ccc(NC(=O)CS(=O)(=O)C(CC)C(=O)Nc2ccc(CC)cc2)cc1. The fourth-order valence-electron chi connectivity index (χ4n) is 2.95. The molecule has 1 atom stereocenters. The topological polar surface area (TPSA) is 92.3 Å². The molecule has 1 unspecified atom stereocenters. The highest BCUT2D eigenvalue weighted by atomic mass is 32.2. The summed E-state index contributed by atoms with van der Waals surface area (Å²) in [6, 6.07) is 14.4. The molecule has 0 spiro atoms. The summed E-state index contributed by atoms with van der Waals surface area (Å²) in [5.41, 5.74) is 3.29. The zero-order valence-corrected chi connectivity index (χ0v) is 17.9. The lowest BCUT2D eigenvalue weighted by molar-refractivity contribution is -0.115. The van der Waals surface area contributed by atoms with Crippen molar-refractivity contribution in [3.63, 3.8) is 0 Å². The van der Waals surface area contributed by atoms with Crippen molar-refractivity contribution >= 4 is 33.0 Å². The van der Waals surface area contributed by atoms with Crippen LogP contribution in [0.3, 0.4) is 0 Å². The van der Waals surface area contributed by atoms with Gasteiger partial charge in [0.1, 0.15) is 11.0 Å². The van der Waals surface area contributed by atoms with Gasteiger partial charge < -0.3 is 10.6 Å². The zero-order valence-electron chi connectivity index (χ0n) is 17.1. The highest BCUT2D eigenvalue weighted by Gasteiger charge is 2.33. The minimum atomic E-state index is -3.96. The lowest BCUT2D eigenvalue weighted by Crippen LogP contribution is -2.39. The number of sulfone groups is 1. The third-order valence-corrected chi connectivity index (χ3v) is 6.78. The van der Waals surface area contributed by atoms with Crippen molar-refractivity contribution in [1.29, 1.82) is 0 Å². The van der Waals surface area contributed by atoms with E-state index in [1.807, 2.05) is 38.1 Å². The number of nitrogens with one attached hydrogen (secondary N) is 2. The van der Waals surface area contributed by atoms with Crippen LogP contribution in [0.2, 0.25) is 0 Å². The van der Waals surface area contributed by atoms with Crippen LogP contribution < -0.4 is 10.6 Å². The molecule has 2 rings (SSSR count). The van der Waals surface area contributed by atoms with Gasteiger partial charge in [-0.25, -0.2) is 8.42 Å². The Hall–Kier alpha value is -2.67. The molecule has 0 aliphatic rings. The molecule has 2 aromatic rings. The van der Waals surface area contributed by atoms with Crippen LogP contribution in [0.25, 0.3) is 0 Å². The Kier molecular flexibility index (Phi) is 7.96. The van der Waals surface area contributed by atoms with Crippen molar-refractivity contribution in [2.75, 3.05) is 16.4 Å². The van der Waals surface area contributed by atoms with Gasteiger partial charge in [-0.1, -0.05) is 45.0 Å². The van der Waals surface area contributed by atoms with Crippen molar-refractivity contribution in [3.05, 3.63) is 59.7 Å². The molecule has 0 saturated heterocycles. The molecule has 0 fully saturated rings. The van der Waals surface area contributed by atoms with Gasteiger partial charge in [0.2, 0.25) is 11.8 Å². The lowest BCUT2D eigenvalue weighted by atomic mass is 10.1. The molecule has 2 N–H and O–H groups in total. The Morgan fingerprint density at radius 1 is 0.793 bits per heavy atom. The summed E-state index contributed by atoms with van der Waals surface area (Å²) in [5, 5.41) is 3.93. The maximum Gasteiger partial charge on any atom is 0.242 e. The number of anilines is 2. The smallest absolute Gasteiger partial charge is 0.242 e. The average molecular weight is 417 g/mol. The van der Waals surface area contributed by atoms with Gasteiger partial charge in [0.25, 0.3) is 0 Å². The first-order valence-electron chi connectivity index (χ1n) is 9.79. The van der Waals surface area contributed by atoms with E-state index in [0.29, 0.717) is 11.4 Å². The first-order chi connectivity index (χ1) is 13.8. The number of amides is 2. The van der Waals surface area contributed by atoms with E-state index in [1.165, 1.54) is 0 Å². The second-order valence-electron chi connectivity index (χ2n) is 6.84. The summed E-state index contributed by atoms with van der Waals surface area (Å²) in [6.07, 6.45) is 1.83. The molecule has 0 aliphatic carbocycles. The summed E-state index contributed by atoms with van der Waals surface area (Å²) in [4.78, 5) is 24.8. The monoisotopic (exact) mass is 416 g/mol. The molecule has 2 amide bonds. The van der Waals surface area contributed by atoms with Crippen molar-refractivity contribution in [2.24, 2.45) is 0 Å². The number of hydrogen-bond acceptors (Lipinski definition) is 4. The molecule has 0 aromatic heterocycles. The third-order valence-electron chi connectivity index (χ3n) is 4.70. The Labute approximate surface area is 172 Å². The number of aryl methyl sites for hydroxylation is 2. The number of carbonyl (C=O) groups excluding carboxylic acids is 2. The molecule has 0 radical (unpaired) electrons. The minimum absolute atomic E-state index is 0.0830. The minimum Gasteiger partial charge on any atom is -0.325 e. The van der Waals surface area contributed by atoms with Crippen LogP contribution in [0, 0.1) is 0 Å². The van der Waals surface area contributed by atoms with Gasteiger partial charge in [0.05, 0.1) is 0 Å². The van der Waals surface area contributed by atoms with Crippen LogP contribution in [0.4, 0.5) is 11.4 Å². The van der Waals surface area contributed by atoms with E-state index in [0.717, 1.165) is 24.0 Å². The number of hydrogen-bond donors (Lipinski definition) is 2. The molecule has 29 heavy (non-hydrogen) atoms. The van der Waals surface area contributed by atoms with Crippen LogP contribution in [0.15, 0.2) is 48.5 Å². The van der Waals surface area contributed by atoms with Gasteiger partial charge in [-0.2, -0.15) is 0 Å². The first-order valence-corrected chi connectivity index (χ1v) is 11.5. The van der Waals surface area contributed by atoms with E-state index < -0.39 is 32.7 Å². The maximum atomic E-state index is 12.7. The van der Waals surface area contributed by atoms with E-state index in [2.05, 4.69) is 10.6 Å². The summed E-state index contributed by atoms with van der Waals surface area (Å²) in [6.45, 7) is 5.66. The van der Waals surface area contributed by atoms with Crippen LogP contribution in [-0.4, -0.2) is 31.2 Å².